The highest BCUT2D eigenvalue weighted by Gasteiger charge is 2.08. The predicted molar refractivity (Wildman–Crippen MR) is 86.3 cm³/mol. The minimum atomic E-state index is -0.946. The molecular weight excluding hydrogens is 367 g/mol. The second-order valence-electron chi connectivity index (χ2n) is 4.41. The highest BCUT2D eigenvalue weighted by molar-refractivity contribution is 14.1. The van der Waals surface area contributed by atoms with Crippen LogP contribution >= 0.6 is 22.6 Å². The summed E-state index contributed by atoms with van der Waals surface area (Å²) in [6.07, 6.45) is 1.01. The monoisotopic (exact) mass is 382 g/mol. The number of rotatable bonds is 5. The van der Waals surface area contributed by atoms with E-state index in [1.807, 2.05) is 12.1 Å². The molecule has 1 N–H and O–H groups in total. The molecule has 3 nitrogen and oxygen atoms in total. The van der Waals surface area contributed by atoms with Crippen molar-refractivity contribution in [3.05, 3.63) is 62.7 Å². The van der Waals surface area contributed by atoms with Crippen LogP contribution in [0, 0.1) is 3.57 Å². The third-order valence-corrected chi connectivity index (χ3v) is 3.89. The minimum Gasteiger partial charge on any atom is -0.488 e. The lowest BCUT2D eigenvalue weighted by molar-refractivity contribution is 0.0696. The lowest BCUT2D eigenvalue weighted by atomic mass is 10.1. The second-order valence-corrected chi connectivity index (χ2v) is 5.57. The Labute approximate surface area is 131 Å². The van der Waals surface area contributed by atoms with E-state index in [4.69, 9.17) is 9.84 Å². The molecule has 0 heterocycles. The Morgan fingerprint density at radius 3 is 2.40 bits per heavy atom. The molecule has 0 saturated carbocycles. The topological polar surface area (TPSA) is 46.5 Å². The molecule has 0 fully saturated rings. The van der Waals surface area contributed by atoms with E-state index >= 15 is 0 Å². The van der Waals surface area contributed by atoms with E-state index in [-0.39, 0.29) is 5.56 Å². The maximum Gasteiger partial charge on any atom is 0.335 e. The molecule has 2 aromatic rings. The number of benzene rings is 2. The SMILES string of the molecule is CCc1ccc(COc2cc(C(=O)O)ccc2I)cc1. The van der Waals surface area contributed by atoms with Crippen molar-refractivity contribution in [3.63, 3.8) is 0 Å². The number of aryl methyl sites for hydroxylation is 1. The van der Waals surface area contributed by atoms with Crippen molar-refractivity contribution in [2.24, 2.45) is 0 Å². The highest BCUT2D eigenvalue weighted by atomic mass is 127. The van der Waals surface area contributed by atoms with E-state index in [0.717, 1.165) is 15.6 Å². The summed E-state index contributed by atoms with van der Waals surface area (Å²) in [5, 5.41) is 8.99. The van der Waals surface area contributed by atoms with Crippen molar-refractivity contribution in [2.75, 3.05) is 0 Å². The van der Waals surface area contributed by atoms with Crippen LogP contribution in [0.15, 0.2) is 42.5 Å². The van der Waals surface area contributed by atoms with Crippen LogP contribution in [0.2, 0.25) is 0 Å². The van der Waals surface area contributed by atoms with Crippen LogP contribution in [0.5, 0.6) is 5.75 Å². The fraction of sp³-hybridized carbons (Fsp3) is 0.188. The molecule has 2 aromatic carbocycles. The van der Waals surface area contributed by atoms with Crippen LogP contribution in [0.4, 0.5) is 0 Å². The van der Waals surface area contributed by atoms with E-state index in [2.05, 4.69) is 41.6 Å². The quantitative estimate of drug-likeness (QED) is 0.792. The third-order valence-electron chi connectivity index (χ3n) is 3.00. The largest absolute Gasteiger partial charge is 0.488 e. The summed E-state index contributed by atoms with van der Waals surface area (Å²) >= 11 is 2.14. The van der Waals surface area contributed by atoms with Crippen LogP contribution in [0.1, 0.15) is 28.4 Å². The molecule has 0 aromatic heterocycles. The molecule has 0 bridgehead atoms. The average Bonchev–Trinajstić information content (AvgIpc) is 2.46. The van der Waals surface area contributed by atoms with Gasteiger partial charge < -0.3 is 9.84 Å². The first-order valence-corrected chi connectivity index (χ1v) is 7.41. The summed E-state index contributed by atoms with van der Waals surface area (Å²) in [4.78, 5) is 11.0. The first kappa shape index (κ1) is 14.8. The molecule has 104 valence electrons. The molecule has 0 aliphatic carbocycles. The zero-order valence-corrected chi connectivity index (χ0v) is 13.3. The molecule has 0 unspecified atom stereocenters. The number of hydrogen-bond acceptors (Lipinski definition) is 2. The lowest BCUT2D eigenvalue weighted by Gasteiger charge is -2.09. The predicted octanol–water partition coefficient (Wildman–Crippen LogP) is 4.13. The molecular formula is C16H15IO3. The van der Waals surface area contributed by atoms with Crippen LogP contribution in [-0.2, 0) is 13.0 Å². The summed E-state index contributed by atoms with van der Waals surface area (Å²) in [5.74, 6) is -0.344. The molecule has 0 aliphatic heterocycles. The molecule has 4 heteroatoms. The van der Waals surface area contributed by atoms with Gasteiger partial charge in [0.15, 0.2) is 0 Å². The Morgan fingerprint density at radius 2 is 1.80 bits per heavy atom. The first-order valence-electron chi connectivity index (χ1n) is 6.33. The molecule has 0 spiro atoms. The summed E-state index contributed by atoms with van der Waals surface area (Å²) in [6, 6.07) is 13.1. The Kier molecular flexibility index (Phi) is 5.00. The number of hydrogen-bond donors (Lipinski definition) is 1. The van der Waals surface area contributed by atoms with Crippen molar-refractivity contribution in [3.8, 4) is 5.75 Å². The molecule has 0 amide bonds. The van der Waals surface area contributed by atoms with Crippen molar-refractivity contribution in [2.45, 2.75) is 20.0 Å². The molecule has 2 rings (SSSR count). The normalized spacial score (nSPS) is 10.3. The fourth-order valence-corrected chi connectivity index (χ4v) is 2.27. The van der Waals surface area contributed by atoms with Crippen LogP contribution < -0.4 is 4.74 Å². The molecule has 0 saturated heterocycles. The molecule has 0 aliphatic rings. The standard InChI is InChI=1S/C16H15IO3/c1-2-11-3-5-12(6-4-11)10-20-15-9-13(16(18)19)7-8-14(15)17/h3-9H,2,10H2,1H3,(H,18,19). The van der Waals surface area contributed by atoms with Gasteiger partial charge in [-0.1, -0.05) is 31.2 Å². The minimum absolute atomic E-state index is 0.238. The van der Waals surface area contributed by atoms with E-state index < -0.39 is 5.97 Å². The van der Waals surface area contributed by atoms with Gasteiger partial charge >= 0.3 is 5.97 Å². The zero-order valence-electron chi connectivity index (χ0n) is 11.1. The Balaban J connectivity index is 2.09. The second kappa shape index (κ2) is 6.74. The summed E-state index contributed by atoms with van der Waals surface area (Å²) in [5.41, 5.74) is 2.59. The Morgan fingerprint density at radius 1 is 1.15 bits per heavy atom. The van der Waals surface area contributed by atoms with Gasteiger partial charge in [0.05, 0.1) is 9.13 Å². The smallest absolute Gasteiger partial charge is 0.335 e. The van der Waals surface area contributed by atoms with E-state index in [1.54, 1.807) is 18.2 Å². The molecule has 20 heavy (non-hydrogen) atoms. The van der Waals surface area contributed by atoms with Crippen LogP contribution in [-0.4, -0.2) is 11.1 Å². The average molecular weight is 382 g/mol. The van der Waals surface area contributed by atoms with Gasteiger partial charge in [0.2, 0.25) is 0 Å². The number of aromatic carboxylic acids is 1. The van der Waals surface area contributed by atoms with Crippen molar-refractivity contribution in [1.29, 1.82) is 0 Å². The summed E-state index contributed by atoms with van der Waals surface area (Å²) in [7, 11) is 0. The van der Waals surface area contributed by atoms with Gasteiger partial charge in [-0.15, -0.1) is 0 Å². The van der Waals surface area contributed by atoms with Crippen LogP contribution in [0.25, 0.3) is 0 Å². The van der Waals surface area contributed by atoms with Crippen molar-refractivity contribution < 1.29 is 14.6 Å². The fourth-order valence-electron chi connectivity index (χ4n) is 1.78. The maximum atomic E-state index is 11.0. The summed E-state index contributed by atoms with van der Waals surface area (Å²) < 4.78 is 6.62. The van der Waals surface area contributed by atoms with Crippen molar-refractivity contribution in [1.82, 2.24) is 0 Å². The Bertz CT molecular complexity index is 606. The maximum absolute atomic E-state index is 11.0. The van der Waals surface area contributed by atoms with Crippen LogP contribution in [0.3, 0.4) is 0 Å². The van der Waals surface area contributed by atoms with Gasteiger partial charge in [0.25, 0.3) is 0 Å². The third kappa shape index (κ3) is 3.72. The zero-order chi connectivity index (χ0) is 14.5. The van der Waals surface area contributed by atoms with Gasteiger partial charge in [0.1, 0.15) is 12.4 Å². The van der Waals surface area contributed by atoms with Gasteiger partial charge in [-0.25, -0.2) is 4.79 Å². The number of carboxylic acid groups (broad SMARTS) is 1. The number of carboxylic acids is 1. The van der Waals surface area contributed by atoms with Gasteiger partial charge in [-0.05, 0) is 58.3 Å². The van der Waals surface area contributed by atoms with E-state index in [1.165, 1.54) is 5.56 Å². The number of ether oxygens (including phenoxy) is 1. The lowest BCUT2D eigenvalue weighted by Crippen LogP contribution is -2.01. The first-order chi connectivity index (χ1) is 9.60. The summed E-state index contributed by atoms with van der Waals surface area (Å²) in [6.45, 7) is 2.55. The number of carbonyl (C=O) groups is 1. The van der Waals surface area contributed by atoms with E-state index in [0.29, 0.717) is 12.4 Å². The highest BCUT2D eigenvalue weighted by Crippen LogP contribution is 2.23. The van der Waals surface area contributed by atoms with Gasteiger partial charge in [-0.2, -0.15) is 0 Å². The van der Waals surface area contributed by atoms with Gasteiger partial charge in [0, 0.05) is 0 Å². The Hall–Kier alpha value is -1.56. The number of halogens is 1. The molecule has 0 radical (unpaired) electrons. The van der Waals surface area contributed by atoms with Gasteiger partial charge in [-0.3, -0.25) is 0 Å². The van der Waals surface area contributed by atoms with Crippen molar-refractivity contribution >= 4 is 28.6 Å². The van der Waals surface area contributed by atoms with E-state index in [9.17, 15) is 4.79 Å². The molecule has 0 atom stereocenters.